The van der Waals surface area contributed by atoms with E-state index in [0.29, 0.717) is 12.1 Å². The monoisotopic (exact) mass is 328 g/mol. The first-order valence-electron chi connectivity index (χ1n) is 9.08. The number of para-hydroxylation sites is 2. The highest BCUT2D eigenvalue weighted by Crippen LogP contribution is 2.35. The second kappa shape index (κ2) is 7.43. The van der Waals surface area contributed by atoms with Crippen molar-refractivity contribution in [3.8, 4) is 0 Å². The molecule has 1 saturated heterocycles. The maximum Gasteiger partial charge on any atom is 0.0561 e. The topological polar surface area (TPSA) is 15.3 Å². The van der Waals surface area contributed by atoms with Crippen molar-refractivity contribution in [1.29, 1.82) is 0 Å². The molecule has 0 aliphatic carbocycles. The summed E-state index contributed by atoms with van der Waals surface area (Å²) >= 11 is 0. The van der Waals surface area contributed by atoms with Gasteiger partial charge in [-0.25, -0.2) is 0 Å². The number of nitrogens with one attached hydrogen (secondary N) is 1. The largest absolute Gasteiger partial charge is 0.382 e. The minimum atomic E-state index is 0.401. The quantitative estimate of drug-likeness (QED) is 0.679. The molecule has 0 unspecified atom stereocenters. The van der Waals surface area contributed by atoms with Crippen LogP contribution in [0.4, 0.5) is 11.4 Å². The van der Waals surface area contributed by atoms with Crippen molar-refractivity contribution in [2.75, 3.05) is 16.8 Å². The molecule has 126 valence electrons. The van der Waals surface area contributed by atoms with E-state index >= 15 is 0 Å². The molecule has 2 atom stereocenters. The summed E-state index contributed by atoms with van der Waals surface area (Å²) in [6.07, 6.45) is 2.25. The summed E-state index contributed by atoms with van der Waals surface area (Å²) in [4.78, 5) is 2.55. The van der Waals surface area contributed by atoms with E-state index in [1.54, 1.807) is 0 Å². The Labute approximate surface area is 150 Å². The normalized spacial score (nSPS) is 20.2. The van der Waals surface area contributed by atoms with E-state index in [1.807, 2.05) is 0 Å². The molecule has 0 aromatic heterocycles. The third kappa shape index (κ3) is 3.69. The van der Waals surface area contributed by atoms with Crippen molar-refractivity contribution in [3.05, 3.63) is 96.6 Å². The first-order valence-corrected chi connectivity index (χ1v) is 9.08. The van der Waals surface area contributed by atoms with Crippen molar-refractivity contribution in [3.63, 3.8) is 0 Å². The van der Waals surface area contributed by atoms with Crippen molar-refractivity contribution in [2.24, 2.45) is 0 Å². The van der Waals surface area contributed by atoms with E-state index in [4.69, 9.17) is 0 Å². The molecule has 4 rings (SSSR count). The highest BCUT2D eigenvalue weighted by atomic mass is 15.2. The lowest BCUT2D eigenvalue weighted by atomic mass is 9.91. The zero-order valence-corrected chi connectivity index (χ0v) is 14.4. The Bertz CT molecular complexity index is 771. The molecule has 1 N–H and O–H groups in total. The average molecular weight is 328 g/mol. The van der Waals surface area contributed by atoms with Crippen LogP contribution in [0.2, 0.25) is 0 Å². The molecule has 1 fully saturated rings. The Morgan fingerprint density at radius 2 is 1.32 bits per heavy atom. The summed E-state index contributed by atoms with van der Waals surface area (Å²) in [5.74, 6) is 0. The molecule has 0 spiro atoms. The van der Waals surface area contributed by atoms with Crippen LogP contribution in [0.1, 0.15) is 24.4 Å². The van der Waals surface area contributed by atoms with Crippen LogP contribution >= 0.6 is 0 Å². The van der Waals surface area contributed by atoms with Crippen molar-refractivity contribution < 1.29 is 0 Å². The standard InChI is InChI=1S/C23H24N2/c1-4-10-19(11-5-1)23-18-21(24-20-12-6-2-7-13-20)16-17-25(23)22-14-8-3-9-15-22/h1-15,21,23-24H,16-18H2/t21-,23+/m1/s1. The fraction of sp³-hybridized carbons (Fsp3) is 0.217. The Morgan fingerprint density at radius 1 is 0.720 bits per heavy atom. The third-order valence-corrected chi connectivity index (χ3v) is 5.02. The minimum Gasteiger partial charge on any atom is -0.382 e. The third-order valence-electron chi connectivity index (χ3n) is 5.02. The zero-order chi connectivity index (χ0) is 16.9. The molecule has 1 aliphatic rings. The molecule has 0 radical (unpaired) electrons. The summed E-state index contributed by atoms with van der Waals surface area (Å²) in [7, 11) is 0. The molecule has 1 aliphatic heterocycles. The van der Waals surface area contributed by atoms with E-state index in [1.165, 1.54) is 16.9 Å². The molecule has 2 nitrogen and oxygen atoms in total. The van der Waals surface area contributed by atoms with Gasteiger partial charge in [0.05, 0.1) is 6.04 Å². The number of rotatable bonds is 4. The second-order valence-electron chi connectivity index (χ2n) is 6.69. The molecular weight excluding hydrogens is 304 g/mol. The molecular formula is C23H24N2. The Hall–Kier alpha value is -2.74. The molecule has 25 heavy (non-hydrogen) atoms. The highest BCUT2D eigenvalue weighted by Gasteiger charge is 2.29. The van der Waals surface area contributed by atoms with Gasteiger partial charge in [0, 0.05) is 24.0 Å². The maximum absolute atomic E-state index is 3.73. The van der Waals surface area contributed by atoms with Crippen LogP contribution in [0.25, 0.3) is 0 Å². The molecule has 0 bridgehead atoms. The van der Waals surface area contributed by atoms with Crippen LogP contribution in [0.15, 0.2) is 91.0 Å². The number of hydrogen-bond donors (Lipinski definition) is 1. The van der Waals surface area contributed by atoms with Crippen molar-refractivity contribution >= 4 is 11.4 Å². The lowest BCUT2D eigenvalue weighted by Crippen LogP contribution is -2.41. The van der Waals surface area contributed by atoms with Crippen LogP contribution in [-0.2, 0) is 0 Å². The van der Waals surface area contributed by atoms with Crippen LogP contribution in [0.3, 0.4) is 0 Å². The minimum absolute atomic E-state index is 0.401. The van der Waals surface area contributed by atoms with Crippen LogP contribution in [0.5, 0.6) is 0 Å². The maximum atomic E-state index is 3.73. The SMILES string of the molecule is c1ccc(N[C@@H]2CCN(c3ccccc3)[C@H](c3ccccc3)C2)cc1. The molecule has 0 saturated carbocycles. The van der Waals surface area contributed by atoms with Gasteiger partial charge in [0.15, 0.2) is 0 Å². The van der Waals surface area contributed by atoms with Gasteiger partial charge in [-0.05, 0) is 42.7 Å². The van der Waals surface area contributed by atoms with E-state index < -0.39 is 0 Å². The van der Waals surface area contributed by atoms with Gasteiger partial charge in [-0.3, -0.25) is 0 Å². The van der Waals surface area contributed by atoms with E-state index in [2.05, 4.69) is 101 Å². The first kappa shape index (κ1) is 15.8. The molecule has 2 heteroatoms. The van der Waals surface area contributed by atoms with Gasteiger partial charge in [0.2, 0.25) is 0 Å². The molecule has 0 amide bonds. The smallest absolute Gasteiger partial charge is 0.0561 e. The fourth-order valence-electron chi connectivity index (χ4n) is 3.79. The number of nitrogens with zero attached hydrogens (tertiary/aromatic N) is 1. The van der Waals surface area contributed by atoms with Crippen molar-refractivity contribution in [1.82, 2.24) is 0 Å². The number of hydrogen-bond acceptors (Lipinski definition) is 2. The summed E-state index contributed by atoms with van der Waals surface area (Å²) in [5.41, 5.74) is 3.92. The first-order chi connectivity index (χ1) is 12.4. The average Bonchev–Trinajstić information content (AvgIpc) is 2.70. The van der Waals surface area contributed by atoms with Gasteiger partial charge in [-0.2, -0.15) is 0 Å². The van der Waals surface area contributed by atoms with Gasteiger partial charge < -0.3 is 10.2 Å². The Morgan fingerprint density at radius 3 is 2.00 bits per heavy atom. The van der Waals surface area contributed by atoms with E-state index in [9.17, 15) is 0 Å². The second-order valence-corrected chi connectivity index (χ2v) is 6.69. The summed E-state index contributed by atoms with van der Waals surface area (Å²) in [5, 5.41) is 3.73. The van der Waals surface area contributed by atoms with Gasteiger partial charge >= 0.3 is 0 Å². The van der Waals surface area contributed by atoms with Crippen LogP contribution < -0.4 is 10.2 Å². The van der Waals surface area contributed by atoms with Crippen molar-refractivity contribution in [2.45, 2.75) is 24.9 Å². The van der Waals surface area contributed by atoms with Gasteiger partial charge in [0.25, 0.3) is 0 Å². The van der Waals surface area contributed by atoms with E-state index in [-0.39, 0.29) is 0 Å². The number of piperidine rings is 1. The van der Waals surface area contributed by atoms with Crippen LogP contribution in [-0.4, -0.2) is 12.6 Å². The zero-order valence-electron chi connectivity index (χ0n) is 14.4. The predicted octanol–water partition coefficient (Wildman–Crippen LogP) is 5.51. The predicted molar refractivity (Wildman–Crippen MR) is 106 cm³/mol. The van der Waals surface area contributed by atoms with E-state index in [0.717, 1.165) is 19.4 Å². The Balaban J connectivity index is 1.58. The fourth-order valence-corrected chi connectivity index (χ4v) is 3.79. The number of anilines is 2. The van der Waals surface area contributed by atoms with Gasteiger partial charge in [0.1, 0.15) is 0 Å². The molecule has 3 aromatic rings. The summed E-state index contributed by atoms with van der Waals surface area (Å²) in [6.45, 7) is 1.06. The summed E-state index contributed by atoms with van der Waals surface area (Å²) < 4.78 is 0. The van der Waals surface area contributed by atoms with Gasteiger partial charge in [-0.15, -0.1) is 0 Å². The number of benzene rings is 3. The Kier molecular flexibility index (Phi) is 4.69. The lowest BCUT2D eigenvalue weighted by molar-refractivity contribution is 0.438. The molecule has 1 heterocycles. The lowest BCUT2D eigenvalue weighted by Gasteiger charge is -2.42. The highest BCUT2D eigenvalue weighted by molar-refractivity contribution is 5.50. The molecule has 3 aromatic carbocycles. The van der Waals surface area contributed by atoms with Gasteiger partial charge in [-0.1, -0.05) is 66.7 Å². The van der Waals surface area contributed by atoms with Crippen LogP contribution in [0, 0.1) is 0 Å². The summed E-state index contributed by atoms with van der Waals surface area (Å²) in [6, 6.07) is 33.1.